The fourth-order valence-corrected chi connectivity index (χ4v) is 1.62. The number of amides is 3. The maximum Gasteiger partial charge on any atom is 0.318 e. The molecule has 0 aliphatic carbocycles. The topological polar surface area (TPSA) is 116 Å². The number of urea groups is 1. The van der Waals surface area contributed by atoms with Gasteiger partial charge < -0.3 is 5.73 Å². The molecule has 1 aromatic heterocycles. The van der Waals surface area contributed by atoms with Gasteiger partial charge in [0, 0.05) is 5.56 Å². The summed E-state index contributed by atoms with van der Waals surface area (Å²) in [6.45, 7) is 1.85. The number of hydrogen-bond donors (Lipinski definition) is 2. The quantitative estimate of drug-likeness (QED) is 0.820. The molecule has 2 aromatic rings. The lowest BCUT2D eigenvalue weighted by Crippen LogP contribution is -2.37. The van der Waals surface area contributed by atoms with Crippen LogP contribution in [0.3, 0.4) is 0 Å². The van der Waals surface area contributed by atoms with Crippen molar-refractivity contribution in [1.82, 2.24) is 25.5 Å². The summed E-state index contributed by atoms with van der Waals surface area (Å²) < 4.78 is 0. The van der Waals surface area contributed by atoms with E-state index in [2.05, 4.69) is 22.3 Å². The van der Waals surface area contributed by atoms with Gasteiger partial charge in [-0.25, -0.2) is 4.79 Å². The van der Waals surface area contributed by atoms with Crippen LogP contribution in [0.25, 0.3) is 11.4 Å². The van der Waals surface area contributed by atoms with Gasteiger partial charge in [0.05, 0.1) is 0 Å². The van der Waals surface area contributed by atoms with Crippen molar-refractivity contribution < 1.29 is 9.59 Å². The van der Waals surface area contributed by atoms with Gasteiger partial charge in [-0.1, -0.05) is 31.2 Å². The maximum atomic E-state index is 11.3. The predicted octanol–water partition coefficient (Wildman–Crippen LogP) is 0.0974. The second-order valence-electron chi connectivity index (χ2n) is 4.11. The summed E-state index contributed by atoms with van der Waals surface area (Å²) in [5.74, 6) is -0.178. The first-order valence-corrected chi connectivity index (χ1v) is 6.05. The molecule has 0 saturated carbocycles. The number of imide groups is 1. The number of nitrogens with one attached hydrogen (secondary N) is 1. The minimum absolute atomic E-state index is 0.219. The Balaban J connectivity index is 2.08. The van der Waals surface area contributed by atoms with E-state index in [1.807, 2.05) is 29.6 Å². The van der Waals surface area contributed by atoms with E-state index in [4.69, 9.17) is 5.73 Å². The van der Waals surface area contributed by atoms with Crippen LogP contribution in [0.4, 0.5) is 4.79 Å². The molecule has 104 valence electrons. The number of nitrogens with zero attached hydrogens (tertiary/aromatic N) is 4. The summed E-state index contributed by atoms with van der Waals surface area (Å²) in [4.78, 5) is 22.9. The zero-order valence-corrected chi connectivity index (χ0v) is 10.9. The van der Waals surface area contributed by atoms with Crippen molar-refractivity contribution in [1.29, 1.82) is 0 Å². The number of nitrogens with two attached hydrogens (primary N) is 1. The largest absolute Gasteiger partial charge is 0.351 e. The first-order valence-electron chi connectivity index (χ1n) is 6.05. The summed E-state index contributed by atoms with van der Waals surface area (Å²) in [6.07, 6.45) is 0.952. The molecule has 2 rings (SSSR count). The van der Waals surface area contributed by atoms with Gasteiger partial charge in [0.25, 0.3) is 5.91 Å². The van der Waals surface area contributed by atoms with E-state index in [1.165, 1.54) is 5.56 Å². The van der Waals surface area contributed by atoms with Crippen LogP contribution in [0.15, 0.2) is 24.3 Å². The maximum absolute atomic E-state index is 11.3. The first kappa shape index (κ1) is 13.7. The van der Waals surface area contributed by atoms with Crippen LogP contribution in [-0.2, 0) is 17.8 Å². The van der Waals surface area contributed by atoms with Crippen LogP contribution in [0.5, 0.6) is 0 Å². The van der Waals surface area contributed by atoms with Crippen molar-refractivity contribution in [3.05, 3.63) is 29.8 Å². The van der Waals surface area contributed by atoms with E-state index in [0.29, 0.717) is 5.82 Å². The lowest BCUT2D eigenvalue weighted by atomic mass is 10.1. The minimum Gasteiger partial charge on any atom is -0.351 e. The average molecular weight is 274 g/mol. The second-order valence-corrected chi connectivity index (χ2v) is 4.11. The Morgan fingerprint density at radius 2 is 2.00 bits per heavy atom. The molecule has 0 unspecified atom stereocenters. The SMILES string of the molecule is CCc1ccc(-c2nnn(CC(=O)NC(N)=O)n2)cc1. The monoisotopic (exact) mass is 274 g/mol. The highest BCUT2D eigenvalue weighted by Crippen LogP contribution is 2.14. The van der Waals surface area contributed by atoms with Crippen LogP contribution < -0.4 is 11.1 Å². The molecule has 3 N–H and O–H groups in total. The lowest BCUT2D eigenvalue weighted by molar-refractivity contribution is -0.120. The molecule has 1 aromatic carbocycles. The van der Waals surface area contributed by atoms with Crippen molar-refractivity contribution in [3.8, 4) is 11.4 Å². The predicted molar refractivity (Wildman–Crippen MR) is 70.4 cm³/mol. The van der Waals surface area contributed by atoms with Crippen molar-refractivity contribution >= 4 is 11.9 Å². The van der Waals surface area contributed by atoms with E-state index >= 15 is 0 Å². The Morgan fingerprint density at radius 3 is 2.60 bits per heavy atom. The Hall–Kier alpha value is -2.77. The van der Waals surface area contributed by atoms with Crippen molar-refractivity contribution in [3.63, 3.8) is 0 Å². The van der Waals surface area contributed by atoms with E-state index in [9.17, 15) is 9.59 Å². The fourth-order valence-electron chi connectivity index (χ4n) is 1.62. The highest BCUT2D eigenvalue weighted by Gasteiger charge is 2.10. The Bertz CT molecular complexity index is 619. The number of benzene rings is 1. The highest BCUT2D eigenvalue weighted by atomic mass is 16.2. The van der Waals surface area contributed by atoms with E-state index in [0.717, 1.165) is 16.8 Å². The van der Waals surface area contributed by atoms with Crippen molar-refractivity contribution in [2.24, 2.45) is 5.73 Å². The Morgan fingerprint density at radius 1 is 1.30 bits per heavy atom. The molecule has 0 fully saturated rings. The molecule has 0 saturated heterocycles. The van der Waals surface area contributed by atoms with Gasteiger partial charge in [0.2, 0.25) is 5.82 Å². The number of rotatable bonds is 4. The third-order valence-corrected chi connectivity index (χ3v) is 2.62. The highest BCUT2D eigenvalue weighted by molar-refractivity contribution is 5.93. The van der Waals surface area contributed by atoms with Crippen LogP contribution in [0.1, 0.15) is 12.5 Å². The van der Waals surface area contributed by atoms with Gasteiger partial charge in [-0.15, -0.1) is 10.2 Å². The molecule has 0 spiro atoms. The smallest absolute Gasteiger partial charge is 0.318 e. The third kappa shape index (κ3) is 3.37. The zero-order chi connectivity index (χ0) is 14.5. The van der Waals surface area contributed by atoms with Gasteiger partial charge >= 0.3 is 6.03 Å². The summed E-state index contributed by atoms with van der Waals surface area (Å²) >= 11 is 0. The number of primary amides is 1. The lowest BCUT2D eigenvalue weighted by Gasteiger charge is -1.99. The van der Waals surface area contributed by atoms with Gasteiger partial charge in [0.1, 0.15) is 6.54 Å². The molecule has 8 nitrogen and oxygen atoms in total. The van der Waals surface area contributed by atoms with Crippen LogP contribution in [-0.4, -0.2) is 32.1 Å². The number of hydrogen-bond acceptors (Lipinski definition) is 5. The van der Waals surface area contributed by atoms with Crippen molar-refractivity contribution in [2.75, 3.05) is 0 Å². The zero-order valence-electron chi connectivity index (χ0n) is 10.9. The summed E-state index contributed by atoms with van der Waals surface area (Å²) in [5.41, 5.74) is 6.85. The van der Waals surface area contributed by atoms with Crippen LogP contribution in [0, 0.1) is 0 Å². The van der Waals surface area contributed by atoms with Gasteiger partial charge in [-0.05, 0) is 17.2 Å². The number of aromatic nitrogens is 4. The molecule has 20 heavy (non-hydrogen) atoms. The molecular weight excluding hydrogens is 260 g/mol. The Labute approximate surface area is 115 Å². The number of aryl methyl sites for hydroxylation is 1. The summed E-state index contributed by atoms with van der Waals surface area (Å²) in [7, 11) is 0. The standard InChI is InChI=1S/C12H14N6O2/c1-2-8-3-5-9(6-4-8)11-15-17-18(16-11)7-10(19)14-12(13)20/h3-6H,2,7H2,1H3,(H3,13,14,19,20). The molecule has 1 heterocycles. The summed E-state index contributed by atoms with van der Waals surface area (Å²) in [6, 6.07) is 6.84. The van der Waals surface area contributed by atoms with Gasteiger partial charge in [-0.3, -0.25) is 10.1 Å². The average Bonchev–Trinajstić information content (AvgIpc) is 2.86. The molecule has 0 atom stereocenters. The number of tetrazole rings is 1. The minimum atomic E-state index is -0.912. The Kier molecular flexibility index (Phi) is 4.04. The molecule has 0 bridgehead atoms. The number of carbonyl (C=O) groups is 2. The molecule has 8 heteroatoms. The van der Waals surface area contributed by atoms with Gasteiger partial charge in [0.15, 0.2) is 0 Å². The molecule has 0 radical (unpaired) electrons. The van der Waals surface area contributed by atoms with E-state index < -0.39 is 11.9 Å². The van der Waals surface area contributed by atoms with Gasteiger partial charge in [-0.2, -0.15) is 4.80 Å². The van der Waals surface area contributed by atoms with Crippen LogP contribution in [0.2, 0.25) is 0 Å². The molecule has 3 amide bonds. The van der Waals surface area contributed by atoms with Crippen LogP contribution >= 0.6 is 0 Å². The summed E-state index contributed by atoms with van der Waals surface area (Å²) in [5, 5.41) is 13.6. The third-order valence-electron chi connectivity index (χ3n) is 2.62. The number of carbonyl (C=O) groups excluding carboxylic acids is 2. The molecule has 0 aliphatic heterocycles. The fraction of sp³-hybridized carbons (Fsp3) is 0.250. The second kappa shape index (κ2) is 5.91. The first-order chi connectivity index (χ1) is 9.58. The van der Waals surface area contributed by atoms with E-state index in [-0.39, 0.29) is 6.54 Å². The molecular formula is C12H14N6O2. The molecule has 0 aliphatic rings. The van der Waals surface area contributed by atoms with E-state index in [1.54, 1.807) is 0 Å². The normalized spacial score (nSPS) is 10.2. The van der Waals surface area contributed by atoms with Crippen molar-refractivity contribution in [2.45, 2.75) is 19.9 Å².